The lowest BCUT2D eigenvalue weighted by atomic mass is 10.1. The topological polar surface area (TPSA) is 104 Å². The molecular weight excluding hydrogens is 649 g/mol. The third-order valence-electron chi connectivity index (χ3n) is 6.90. The molecule has 0 atom stereocenters. The standard InChI is InChI=1S/C30H20BrF3N4O4S/c31-23-8-4-5-17(27(23)33)13-26(39)36-37-16-18-9-10-19(14-22(18)30(37)35)42-29-24(32)15-25-21(28(29)34)11-12-38(25)43(40,41)20-6-2-1-3-7-20/h1-12,14-15,35H,13,16H2,(H,36,39). The average Bonchev–Trinajstić information content (AvgIpc) is 3.55. The van der Waals surface area contributed by atoms with E-state index in [1.165, 1.54) is 47.5 Å². The molecule has 2 N–H and O–H groups in total. The van der Waals surface area contributed by atoms with E-state index in [1.54, 1.807) is 30.3 Å². The van der Waals surface area contributed by atoms with E-state index in [4.69, 9.17) is 10.1 Å². The van der Waals surface area contributed by atoms with Crippen molar-refractivity contribution in [2.75, 3.05) is 0 Å². The van der Waals surface area contributed by atoms with Crippen molar-refractivity contribution in [2.45, 2.75) is 17.9 Å². The van der Waals surface area contributed by atoms with Crippen LogP contribution in [0.5, 0.6) is 11.5 Å². The molecule has 8 nitrogen and oxygen atoms in total. The highest BCUT2D eigenvalue weighted by atomic mass is 79.9. The van der Waals surface area contributed by atoms with Gasteiger partial charge in [0.25, 0.3) is 10.0 Å². The maximum atomic E-state index is 15.5. The van der Waals surface area contributed by atoms with Gasteiger partial charge in [-0.1, -0.05) is 36.4 Å². The summed E-state index contributed by atoms with van der Waals surface area (Å²) in [4.78, 5) is 12.5. The maximum absolute atomic E-state index is 15.5. The van der Waals surface area contributed by atoms with Gasteiger partial charge in [0.05, 0.1) is 27.9 Å². The summed E-state index contributed by atoms with van der Waals surface area (Å²) in [5, 5.41) is 9.61. The second-order valence-electron chi connectivity index (χ2n) is 9.64. The Labute approximate surface area is 252 Å². The van der Waals surface area contributed by atoms with Gasteiger partial charge in [-0.2, -0.15) is 0 Å². The van der Waals surface area contributed by atoms with Crippen molar-refractivity contribution in [2.24, 2.45) is 0 Å². The number of halogens is 4. The van der Waals surface area contributed by atoms with E-state index in [1.807, 2.05) is 0 Å². The lowest BCUT2D eigenvalue weighted by molar-refractivity contribution is -0.123. The summed E-state index contributed by atoms with van der Waals surface area (Å²) in [5.41, 5.74) is 3.56. The molecule has 0 saturated carbocycles. The SMILES string of the molecule is N=C1c2cc(Oc3c(F)cc4c(ccn4S(=O)(=O)c4ccccc4)c3F)ccc2CN1NC(=O)Cc1cccc(Br)c1F. The Morgan fingerprint density at radius 2 is 1.74 bits per heavy atom. The van der Waals surface area contributed by atoms with Crippen LogP contribution in [0.4, 0.5) is 13.2 Å². The lowest BCUT2D eigenvalue weighted by Gasteiger charge is -2.19. The van der Waals surface area contributed by atoms with Gasteiger partial charge in [-0.15, -0.1) is 0 Å². The number of benzene rings is 4. The molecule has 13 heteroatoms. The molecule has 2 heterocycles. The number of rotatable bonds is 7. The summed E-state index contributed by atoms with van der Waals surface area (Å²) in [6.45, 7) is 0.138. The molecule has 0 radical (unpaired) electrons. The third-order valence-corrected chi connectivity index (χ3v) is 9.22. The van der Waals surface area contributed by atoms with Crippen molar-refractivity contribution in [3.63, 3.8) is 0 Å². The van der Waals surface area contributed by atoms with E-state index in [-0.39, 0.29) is 50.4 Å². The number of amides is 1. The first-order chi connectivity index (χ1) is 20.5. The molecule has 1 amide bonds. The molecule has 0 bridgehead atoms. The first-order valence-corrected chi connectivity index (χ1v) is 15.0. The predicted octanol–water partition coefficient (Wildman–Crippen LogP) is 6.27. The van der Waals surface area contributed by atoms with E-state index < -0.39 is 39.1 Å². The first-order valence-electron chi connectivity index (χ1n) is 12.7. The van der Waals surface area contributed by atoms with Crippen LogP contribution in [0.25, 0.3) is 10.9 Å². The van der Waals surface area contributed by atoms with Crippen LogP contribution in [-0.2, 0) is 27.8 Å². The Kier molecular flexibility index (Phi) is 7.22. The zero-order chi connectivity index (χ0) is 30.5. The number of hydrogen-bond acceptors (Lipinski definition) is 5. The number of ether oxygens (including phenoxy) is 1. The van der Waals surface area contributed by atoms with Crippen LogP contribution < -0.4 is 10.2 Å². The van der Waals surface area contributed by atoms with E-state index in [2.05, 4.69) is 21.4 Å². The molecule has 0 fully saturated rings. The number of carbonyl (C=O) groups is 1. The Bertz CT molecular complexity index is 2050. The molecule has 0 unspecified atom stereocenters. The molecule has 43 heavy (non-hydrogen) atoms. The highest BCUT2D eigenvalue weighted by molar-refractivity contribution is 9.10. The molecule has 0 spiro atoms. The second-order valence-corrected chi connectivity index (χ2v) is 12.3. The van der Waals surface area contributed by atoms with Gasteiger partial charge in [-0.25, -0.2) is 25.6 Å². The Morgan fingerprint density at radius 1 is 0.977 bits per heavy atom. The number of nitrogens with zero attached hydrogens (tertiary/aromatic N) is 2. The minimum Gasteiger partial charge on any atom is -0.451 e. The van der Waals surface area contributed by atoms with Crippen LogP contribution in [0.2, 0.25) is 0 Å². The number of amidine groups is 1. The zero-order valence-electron chi connectivity index (χ0n) is 21.9. The number of carbonyl (C=O) groups excluding carboxylic acids is 1. The molecule has 4 aromatic carbocycles. The highest BCUT2D eigenvalue weighted by Gasteiger charge is 2.28. The van der Waals surface area contributed by atoms with Crippen molar-refractivity contribution in [1.29, 1.82) is 5.41 Å². The number of fused-ring (bicyclic) bond motifs is 2. The quantitative estimate of drug-likeness (QED) is 0.213. The molecule has 1 aliphatic rings. The fraction of sp³-hybridized carbons (Fsp3) is 0.0667. The minimum absolute atomic E-state index is 0.0152. The van der Waals surface area contributed by atoms with Gasteiger partial charge in [0.15, 0.2) is 17.4 Å². The van der Waals surface area contributed by atoms with Crippen molar-refractivity contribution in [3.05, 3.63) is 124 Å². The largest absolute Gasteiger partial charge is 0.451 e. The van der Waals surface area contributed by atoms with E-state index in [0.29, 0.717) is 11.1 Å². The van der Waals surface area contributed by atoms with E-state index >= 15 is 8.78 Å². The maximum Gasteiger partial charge on any atom is 0.268 e. The van der Waals surface area contributed by atoms with Gasteiger partial charge in [0.2, 0.25) is 5.91 Å². The zero-order valence-corrected chi connectivity index (χ0v) is 24.3. The van der Waals surface area contributed by atoms with Gasteiger partial charge < -0.3 is 4.74 Å². The lowest BCUT2D eigenvalue weighted by Crippen LogP contribution is -2.43. The number of nitrogens with one attached hydrogen (secondary N) is 2. The van der Waals surface area contributed by atoms with Crippen LogP contribution in [-0.4, -0.2) is 29.1 Å². The van der Waals surface area contributed by atoms with Gasteiger partial charge in [0, 0.05) is 23.2 Å². The second kappa shape index (κ2) is 10.9. The number of hydrogen-bond donors (Lipinski definition) is 2. The van der Waals surface area contributed by atoms with Crippen molar-refractivity contribution in [3.8, 4) is 11.5 Å². The Morgan fingerprint density at radius 3 is 2.51 bits per heavy atom. The van der Waals surface area contributed by atoms with Gasteiger partial charge >= 0.3 is 0 Å². The van der Waals surface area contributed by atoms with E-state index in [0.717, 1.165) is 16.2 Å². The van der Waals surface area contributed by atoms with Gasteiger partial charge in [0.1, 0.15) is 17.4 Å². The predicted molar refractivity (Wildman–Crippen MR) is 156 cm³/mol. The van der Waals surface area contributed by atoms with Crippen LogP contribution >= 0.6 is 15.9 Å². The summed E-state index contributed by atoms with van der Waals surface area (Å²) in [6, 6.07) is 18.7. The van der Waals surface area contributed by atoms with Crippen molar-refractivity contribution >= 4 is 48.6 Å². The smallest absolute Gasteiger partial charge is 0.268 e. The van der Waals surface area contributed by atoms with Crippen LogP contribution in [0.15, 0.2) is 94.4 Å². The molecular formula is C30H20BrF3N4O4S. The van der Waals surface area contributed by atoms with Crippen LogP contribution in [0, 0.1) is 22.9 Å². The fourth-order valence-electron chi connectivity index (χ4n) is 4.81. The van der Waals surface area contributed by atoms with Gasteiger partial charge in [-0.3, -0.25) is 20.6 Å². The molecule has 6 rings (SSSR count). The molecule has 5 aromatic rings. The monoisotopic (exact) mass is 668 g/mol. The summed E-state index contributed by atoms with van der Waals surface area (Å²) in [6.07, 6.45) is 0.888. The third kappa shape index (κ3) is 5.14. The highest BCUT2D eigenvalue weighted by Crippen LogP contribution is 2.36. The first kappa shape index (κ1) is 28.5. The summed E-state index contributed by atoms with van der Waals surface area (Å²) in [7, 11) is -4.11. The van der Waals surface area contributed by atoms with E-state index in [9.17, 15) is 17.6 Å². The molecule has 0 saturated heterocycles. The summed E-state index contributed by atoms with van der Waals surface area (Å²) in [5.74, 6) is -4.13. The summed E-state index contributed by atoms with van der Waals surface area (Å²) >= 11 is 3.09. The molecule has 0 aliphatic carbocycles. The molecule has 218 valence electrons. The fourth-order valence-corrected chi connectivity index (χ4v) is 6.58. The average molecular weight is 669 g/mol. The summed E-state index contributed by atoms with van der Waals surface area (Å²) < 4.78 is 77.7. The number of aromatic nitrogens is 1. The normalized spacial score (nSPS) is 12.9. The number of hydrazine groups is 1. The molecule has 1 aliphatic heterocycles. The minimum atomic E-state index is -4.11. The molecule has 1 aromatic heterocycles. The van der Waals surface area contributed by atoms with Crippen LogP contribution in [0.3, 0.4) is 0 Å². The van der Waals surface area contributed by atoms with Crippen molar-refractivity contribution < 1.29 is 31.1 Å². The Balaban J connectivity index is 1.22. The van der Waals surface area contributed by atoms with Crippen molar-refractivity contribution in [1.82, 2.24) is 14.4 Å². The Hall–Kier alpha value is -4.62. The van der Waals surface area contributed by atoms with Crippen LogP contribution in [0.1, 0.15) is 16.7 Å². The van der Waals surface area contributed by atoms with Gasteiger partial charge in [-0.05, 0) is 63.5 Å².